The number of hydrogen-bond donors (Lipinski definition) is 0. The number of aryl methyl sites for hydroxylation is 2. The van der Waals surface area contributed by atoms with E-state index in [1.165, 1.54) is 30.4 Å². The summed E-state index contributed by atoms with van der Waals surface area (Å²) in [5.41, 5.74) is 4.45. The lowest BCUT2D eigenvalue weighted by molar-refractivity contribution is 0.220. The van der Waals surface area contributed by atoms with Gasteiger partial charge in [0.05, 0.1) is 12.4 Å². The Morgan fingerprint density at radius 1 is 1.39 bits per heavy atom. The van der Waals surface area contributed by atoms with E-state index in [0.29, 0.717) is 0 Å². The highest BCUT2D eigenvalue weighted by atomic mass is 16.5. The molecule has 0 unspecified atom stereocenters. The second kappa shape index (κ2) is 6.08. The van der Waals surface area contributed by atoms with Crippen molar-refractivity contribution in [2.24, 2.45) is 0 Å². The maximum Gasteiger partial charge on any atom is 0.0891 e. The first-order valence-corrected chi connectivity index (χ1v) is 7.10. The molecule has 0 bridgehead atoms. The van der Waals surface area contributed by atoms with E-state index in [0.717, 1.165) is 31.1 Å². The Labute approximate surface area is 111 Å². The third kappa shape index (κ3) is 3.16. The van der Waals surface area contributed by atoms with Crippen LogP contribution in [-0.2, 0) is 11.2 Å². The van der Waals surface area contributed by atoms with Crippen molar-refractivity contribution in [3.05, 3.63) is 47.2 Å². The molecule has 0 saturated heterocycles. The molecule has 98 valence electrons. The lowest BCUT2D eigenvalue weighted by Crippen LogP contribution is -2.11. The molecule has 1 aliphatic carbocycles. The molecule has 0 amide bonds. The molecule has 1 heteroatoms. The highest BCUT2D eigenvalue weighted by Crippen LogP contribution is 2.38. The fourth-order valence-corrected chi connectivity index (χ4v) is 2.59. The van der Waals surface area contributed by atoms with Crippen LogP contribution < -0.4 is 0 Å². The first kappa shape index (κ1) is 13.2. The number of ether oxygens (including phenoxy) is 1. The second-order valence-electron chi connectivity index (χ2n) is 5.30. The average molecular weight is 244 g/mol. The first-order valence-electron chi connectivity index (χ1n) is 7.10. The van der Waals surface area contributed by atoms with E-state index >= 15 is 0 Å². The van der Waals surface area contributed by atoms with Crippen molar-refractivity contribution in [2.75, 3.05) is 6.61 Å². The van der Waals surface area contributed by atoms with Crippen LogP contribution in [0.4, 0.5) is 0 Å². The minimum atomic E-state index is 0.724. The zero-order chi connectivity index (χ0) is 13.0. The van der Waals surface area contributed by atoms with Crippen LogP contribution in [0.5, 0.6) is 0 Å². The maximum absolute atomic E-state index is 5.43. The Morgan fingerprint density at radius 2 is 2.17 bits per heavy atom. The summed E-state index contributed by atoms with van der Waals surface area (Å²) in [4.78, 5) is 0. The molecule has 1 aromatic carbocycles. The van der Waals surface area contributed by atoms with Crippen molar-refractivity contribution in [3.8, 4) is 0 Å². The predicted molar refractivity (Wildman–Crippen MR) is 76.9 cm³/mol. The smallest absolute Gasteiger partial charge is 0.0891 e. The van der Waals surface area contributed by atoms with Gasteiger partial charge in [0.2, 0.25) is 0 Å². The van der Waals surface area contributed by atoms with Gasteiger partial charge in [-0.1, -0.05) is 36.8 Å². The van der Waals surface area contributed by atoms with E-state index in [-0.39, 0.29) is 0 Å². The summed E-state index contributed by atoms with van der Waals surface area (Å²) in [5, 5.41) is 0. The van der Waals surface area contributed by atoms with Gasteiger partial charge in [-0.3, -0.25) is 0 Å². The number of allylic oxidation sites excluding steroid dienone is 1. The van der Waals surface area contributed by atoms with Crippen molar-refractivity contribution in [3.63, 3.8) is 0 Å². The maximum atomic E-state index is 5.43. The zero-order valence-electron chi connectivity index (χ0n) is 11.7. The summed E-state index contributed by atoms with van der Waals surface area (Å²) in [6, 6.07) is 6.89. The van der Waals surface area contributed by atoms with E-state index in [2.05, 4.69) is 31.7 Å². The van der Waals surface area contributed by atoms with Crippen LogP contribution in [0.15, 0.2) is 30.5 Å². The highest BCUT2D eigenvalue weighted by molar-refractivity contribution is 5.35. The van der Waals surface area contributed by atoms with E-state index in [1.807, 2.05) is 6.92 Å². The van der Waals surface area contributed by atoms with E-state index in [9.17, 15) is 0 Å². The monoisotopic (exact) mass is 244 g/mol. The van der Waals surface area contributed by atoms with Crippen LogP contribution >= 0.6 is 0 Å². The molecule has 0 heterocycles. The Kier molecular flexibility index (Phi) is 4.46. The minimum absolute atomic E-state index is 0.724. The molecular weight excluding hydrogens is 220 g/mol. The van der Waals surface area contributed by atoms with Crippen LogP contribution in [0.2, 0.25) is 0 Å². The quantitative estimate of drug-likeness (QED) is 0.656. The molecule has 1 nitrogen and oxygen atoms in total. The van der Waals surface area contributed by atoms with Gasteiger partial charge in [-0.2, -0.15) is 0 Å². The van der Waals surface area contributed by atoms with Crippen molar-refractivity contribution in [1.29, 1.82) is 0 Å². The predicted octanol–water partition coefficient (Wildman–Crippen LogP) is 4.75. The summed E-state index contributed by atoms with van der Waals surface area (Å²) < 4.78 is 5.43. The van der Waals surface area contributed by atoms with Crippen LogP contribution in [-0.4, -0.2) is 6.61 Å². The summed E-state index contributed by atoms with van der Waals surface area (Å²) in [6.07, 6.45) is 6.12. The molecule has 1 aliphatic rings. The zero-order valence-corrected chi connectivity index (χ0v) is 11.7. The number of benzene rings is 1. The molecule has 0 N–H and O–H groups in total. The molecule has 2 rings (SSSR count). The van der Waals surface area contributed by atoms with E-state index in [4.69, 9.17) is 4.74 Å². The highest BCUT2D eigenvalue weighted by Gasteiger charge is 2.22. The molecule has 0 aliphatic heterocycles. The normalized spacial score (nSPS) is 15.2. The second-order valence-corrected chi connectivity index (χ2v) is 5.30. The Hall–Kier alpha value is -1.24. The standard InChI is InChI=1S/C17H24O/c1-4-18-14(3)9-11-16-10-8-13(2)12-17(16)15-6-5-7-15/h8,10,12,15H,3-7,9,11H2,1-2H3. The van der Waals surface area contributed by atoms with Crippen molar-refractivity contribution < 1.29 is 4.74 Å². The molecule has 1 fully saturated rings. The summed E-state index contributed by atoms with van der Waals surface area (Å²) in [6.45, 7) is 8.88. The van der Waals surface area contributed by atoms with Gasteiger partial charge in [-0.05, 0) is 50.2 Å². The van der Waals surface area contributed by atoms with Gasteiger partial charge in [-0.25, -0.2) is 0 Å². The van der Waals surface area contributed by atoms with Crippen molar-refractivity contribution in [2.45, 2.75) is 51.9 Å². The Balaban J connectivity index is 2.04. The molecule has 0 atom stereocenters. The molecule has 0 spiro atoms. The molecule has 1 aromatic rings. The third-order valence-corrected chi connectivity index (χ3v) is 3.87. The van der Waals surface area contributed by atoms with E-state index < -0.39 is 0 Å². The lowest BCUT2D eigenvalue weighted by atomic mass is 9.77. The summed E-state index contributed by atoms with van der Waals surface area (Å²) >= 11 is 0. The number of rotatable bonds is 6. The average Bonchev–Trinajstić information content (AvgIpc) is 2.26. The molecule has 0 aromatic heterocycles. The van der Waals surface area contributed by atoms with Gasteiger partial charge in [0.1, 0.15) is 0 Å². The first-order chi connectivity index (χ1) is 8.70. The molecule has 0 radical (unpaired) electrons. The van der Waals surface area contributed by atoms with Crippen LogP contribution in [0.25, 0.3) is 0 Å². The largest absolute Gasteiger partial charge is 0.499 e. The van der Waals surface area contributed by atoms with E-state index in [1.54, 1.807) is 5.56 Å². The minimum Gasteiger partial charge on any atom is -0.499 e. The van der Waals surface area contributed by atoms with Gasteiger partial charge in [0.15, 0.2) is 0 Å². The fourth-order valence-electron chi connectivity index (χ4n) is 2.59. The van der Waals surface area contributed by atoms with Crippen molar-refractivity contribution in [1.82, 2.24) is 0 Å². The molecule has 1 saturated carbocycles. The van der Waals surface area contributed by atoms with Crippen LogP contribution in [0.1, 0.15) is 55.2 Å². The third-order valence-electron chi connectivity index (χ3n) is 3.87. The van der Waals surface area contributed by atoms with Gasteiger partial charge >= 0.3 is 0 Å². The Bertz CT molecular complexity index is 416. The molecular formula is C17H24O. The topological polar surface area (TPSA) is 9.23 Å². The van der Waals surface area contributed by atoms with Crippen LogP contribution in [0, 0.1) is 6.92 Å². The number of hydrogen-bond acceptors (Lipinski definition) is 1. The Morgan fingerprint density at radius 3 is 2.78 bits per heavy atom. The lowest BCUT2D eigenvalue weighted by Gasteiger charge is -2.28. The van der Waals surface area contributed by atoms with Gasteiger partial charge in [0.25, 0.3) is 0 Å². The van der Waals surface area contributed by atoms with Gasteiger partial charge in [-0.15, -0.1) is 0 Å². The van der Waals surface area contributed by atoms with Crippen molar-refractivity contribution >= 4 is 0 Å². The summed E-state index contributed by atoms with van der Waals surface area (Å²) in [5.74, 6) is 1.72. The summed E-state index contributed by atoms with van der Waals surface area (Å²) in [7, 11) is 0. The SMILES string of the molecule is C=C(CCc1ccc(C)cc1C1CCC1)OCC. The fraction of sp³-hybridized carbons (Fsp3) is 0.529. The van der Waals surface area contributed by atoms with Gasteiger partial charge < -0.3 is 4.74 Å². The molecule has 18 heavy (non-hydrogen) atoms. The van der Waals surface area contributed by atoms with Crippen LogP contribution in [0.3, 0.4) is 0 Å². The van der Waals surface area contributed by atoms with Gasteiger partial charge in [0, 0.05) is 6.42 Å².